The van der Waals surface area contributed by atoms with Crippen LogP contribution in [0.3, 0.4) is 0 Å². The number of carbonyl (C=O) groups is 2. The molecule has 106 valence electrons. The van der Waals surface area contributed by atoms with Crippen LogP contribution in [-0.2, 0) is 14.3 Å². The molecule has 2 rings (SSSR count). The number of para-hydroxylation sites is 1. The molecule has 1 heterocycles. The van der Waals surface area contributed by atoms with Gasteiger partial charge in [-0.2, -0.15) is 0 Å². The number of rotatable bonds is 3. The zero-order valence-corrected chi connectivity index (χ0v) is 11.1. The molecule has 0 spiro atoms. The minimum absolute atomic E-state index is 0.0156. The van der Waals surface area contributed by atoms with Gasteiger partial charge in [0.15, 0.2) is 0 Å². The normalized spacial score (nSPS) is 18.6. The predicted octanol–water partition coefficient (Wildman–Crippen LogP) is 0.729. The summed E-state index contributed by atoms with van der Waals surface area (Å²) in [5.74, 6) is -1.50. The Balaban J connectivity index is 2.48. The minimum atomic E-state index is -0.607. The number of nitrogens with one attached hydrogen (secondary N) is 1. The minimum Gasteiger partial charge on any atom is -0.508 e. The number of ether oxygens (including phenoxy) is 1. The van der Waals surface area contributed by atoms with Crippen LogP contribution in [0.25, 0.3) is 0 Å². The van der Waals surface area contributed by atoms with Crippen LogP contribution in [-0.4, -0.2) is 23.6 Å². The summed E-state index contributed by atoms with van der Waals surface area (Å²) in [7, 11) is 0. The van der Waals surface area contributed by atoms with Crippen molar-refractivity contribution in [3.63, 3.8) is 0 Å². The summed E-state index contributed by atoms with van der Waals surface area (Å²) in [6.45, 7) is 1.89. The van der Waals surface area contributed by atoms with E-state index in [0.29, 0.717) is 5.56 Å². The zero-order valence-electron chi connectivity index (χ0n) is 11.1. The van der Waals surface area contributed by atoms with Crippen molar-refractivity contribution in [1.82, 2.24) is 5.32 Å². The zero-order chi connectivity index (χ0) is 14.7. The van der Waals surface area contributed by atoms with E-state index >= 15 is 0 Å². The van der Waals surface area contributed by atoms with E-state index in [1.54, 1.807) is 25.1 Å². The van der Waals surface area contributed by atoms with Crippen LogP contribution in [0.2, 0.25) is 0 Å². The molecule has 1 aliphatic heterocycles. The molecule has 0 aliphatic carbocycles. The number of phenols is 1. The maximum Gasteiger partial charge on any atom is 0.338 e. The van der Waals surface area contributed by atoms with Gasteiger partial charge in [-0.3, -0.25) is 4.79 Å². The van der Waals surface area contributed by atoms with E-state index in [2.05, 4.69) is 5.32 Å². The highest BCUT2D eigenvalue weighted by Crippen LogP contribution is 2.36. The van der Waals surface area contributed by atoms with Gasteiger partial charge in [0, 0.05) is 17.9 Å². The Morgan fingerprint density at radius 1 is 1.50 bits per heavy atom. The molecule has 6 nitrogen and oxygen atoms in total. The third-order valence-corrected chi connectivity index (χ3v) is 3.11. The van der Waals surface area contributed by atoms with Gasteiger partial charge in [0.2, 0.25) is 5.91 Å². The Morgan fingerprint density at radius 3 is 2.85 bits per heavy atom. The topological polar surface area (TPSA) is 102 Å². The summed E-state index contributed by atoms with van der Waals surface area (Å²) in [5, 5.41) is 12.3. The molecule has 0 saturated heterocycles. The maximum absolute atomic E-state index is 12.0. The van der Waals surface area contributed by atoms with Gasteiger partial charge in [0.1, 0.15) is 11.6 Å². The first-order valence-electron chi connectivity index (χ1n) is 6.29. The van der Waals surface area contributed by atoms with Crippen LogP contribution in [0.5, 0.6) is 5.75 Å². The first-order chi connectivity index (χ1) is 9.54. The summed E-state index contributed by atoms with van der Waals surface area (Å²) in [4.78, 5) is 23.7. The maximum atomic E-state index is 12.0. The third-order valence-electron chi connectivity index (χ3n) is 3.11. The summed E-state index contributed by atoms with van der Waals surface area (Å²) in [6.07, 6.45) is 0.0341. The van der Waals surface area contributed by atoms with E-state index in [1.165, 1.54) is 6.07 Å². The van der Waals surface area contributed by atoms with Crippen molar-refractivity contribution in [3.05, 3.63) is 41.2 Å². The molecular formula is C14H16N2O4. The number of amides is 1. The van der Waals surface area contributed by atoms with Crippen molar-refractivity contribution < 1.29 is 19.4 Å². The molecule has 1 aromatic carbocycles. The molecule has 0 fully saturated rings. The van der Waals surface area contributed by atoms with Crippen molar-refractivity contribution in [1.29, 1.82) is 0 Å². The van der Waals surface area contributed by atoms with E-state index in [9.17, 15) is 14.7 Å². The van der Waals surface area contributed by atoms with Crippen LogP contribution in [0.1, 0.15) is 24.8 Å². The molecule has 0 radical (unpaired) electrons. The van der Waals surface area contributed by atoms with Crippen molar-refractivity contribution in [2.24, 2.45) is 5.73 Å². The third kappa shape index (κ3) is 2.59. The van der Waals surface area contributed by atoms with Gasteiger partial charge in [-0.05, 0) is 13.0 Å². The standard InChI is InChI=1S/C14H16N2O4/c1-2-20-14(19)12-9(7-11(18)16-13(12)15)8-5-3-4-6-10(8)17/h3-6,9,17H,2,7,15H2,1H3,(H,16,18). The molecule has 4 N–H and O–H groups in total. The highest BCUT2D eigenvalue weighted by Gasteiger charge is 2.34. The van der Waals surface area contributed by atoms with E-state index in [0.717, 1.165) is 0 Å². The Morgan fingerprint density at radius 2 is 2.20 bits per heavy atom. The number of benzene rings is 1. The number of hydrogen-bond donors (Lipinski definition) is 3. The van der Waals surface area contributed by atoms with Crippen LogP contribution in [0.15, 0.2) is 35.7 Å². The highest BCUT2D eigenvalue weighted by molar-refractivity contribution is 5.95. The lowest BCUT2D eigenvalue weighted by atomic mass is 9.85. The molecule has 20 heavy (non-hydrogen) atoms. The molecular weight excluding hydrogens is 260 g/mol. The molecule has 0 saturated carbocycles. The summed E-state index contributed by atoms with van der Waals surface area (Å²) in [6, 6.07) is 6.55. The van der Waals surface area contributed by atoms with Gasteiger partial charge in [-0.15, -0.1) is 0 Å². The first kappa shape index (κ1) is 13.9. The van der Waals surface area contributed by atoms with Gasteiger partial charge in [0.25, 0.3) is 0 Å². The van der Waals surface area contributed by atoms with Gasteiger partial charge < -0.3 is 20.9 Å². The number of phenolic OH excluding ortho intramolecular Hbond substituents is 1. The Bertz CT molecular complexity index is 580. The molecule has 1 aliphatic rings. The number of aromatic hydroxyl groups is 1. The van der Waals surface area contributed by atoms with Gasteiger partial charge in [0.05, 0.1) is 12.2 Å². The summed E-state index contributed by atoms with van der Waals surface area (Å²) in [5.41, 5.74) is 6.40. The Hall–Kier alpha value is -2.50. The van der Waals surface area contributed by atoms with Gasteiger partial charge in [-0.25, -0.2) is 4.79 Å². The van der Waals surface area contributed by atoms with E-state index < -0.39 is 11.9 Å². The van der Waals surface area contributed by atoms with Crippen molar-refractivity contribution in [2.45, 2.75) is 19.3 Å². The lowest BCUT2D eigenvalue weighted by Gasteiger charge is -2.26. The average Bonchev–Trinajstić information content (AvgIpc) is 2.38. The molecule has 6 heteroatoms. The second-order valence-electron chi connectivity index (χ2n) is 4.41. The fourth-order valence-corrected chi connectivity index (χ4v) is 2.25. The molecule has 1 unspecified atom stereocenters. The van der Waals surface area contributed by atoms with Crippen molar-refractivity contribution in [2.75, 3.05) is 6.61 Å². The van der Waals surface area contributed by atoms with E-state index in [1.807, 2.05) is 0 Å². The summed E-state index contributed by atoms with van der Waals surface area (Å²) < 4.78 is 4.97. The number of nitrogens with two attached hydrogens (primary N) is 1. The number of hydrogen-bond acceptors (Lipinski definition) is 5. The molecule has 0 aromatic heterocycles. The fraction of sp³-hybridized carbons (Fsp3) is 0.286. The van der Waals surface area contributed by atoms with Crippen LogP contribution >= 0.6 is 0 Å². The largest absolute Gasteiger partial charge is 0.508 e. The average molecular weight is 276 g/mol. The second kappa shape index (κ2) is 5.64. The predicted molar refractivity (Wildman–Crippen MR) is 71.5 cm³/mol. The molecule has 1 aromatic rings. The highest BCUT2D eigenvalue weighted by atomic mass is 16.5. The van der Waals surface area contributed by atoms with Crippen LogP contribution in [0.4, 0.5) is 0 Å². The molecule has 0 bridgehead atoms. The molecule has 1 amide bonds. The number of carbonyl (C=O) groups excluding carboxylic acids is 2. The monoisotopic (exact) mass is 276 g/mol. The fourth-order valence-electron chi connectivity index (χ4n) is 2.25. The SMILES string of the molecule is CCOC(=O)C1=C(N)NC(=O)CC1c1ccccc1O. The van der Waals surface area contributed by atoms with Gasteiger partial charge >= 0.3 is 5.97 Å². The van der Waals surface area contributed by atoms with E-state index in [-0.39, 0.29) is 36.1 Å². The Labute approximate surface area is 116 Å². The first-order valence-corrected chi connectivity index (χ1v) is 6.29. The quantitative estimate of drug-likeness (QED) is 0.706. The van der Waals surface area contributed by atoms with Crippen molar-refractivity contribution in [3.8, 4) is 5.75 Å². The van der Waals surface area contributed by atoms with Crippen LogP contribution in [0, 0.1) is 0 Å². The van der Waals surface area contributed by atoms with Gasteiger partial charge in [-0.1, -0.05) is 18.2 Å². The van der Waals surface area contributed by atoms with Crippen molar-refractivity contribution >= 4 is 11.9 Å². The second-order valence-corrected chi connectivity index (χ2v) is 4.41. The summed E-state index contributed by atoms with van der Waals surface area (Å²) >= 11 is 0. The lowest BCUT2D eigenvalue weighted by Crippen LogP contribution is -2.38. The van der Waals surface area contributed by atoms with Crippen LogP contribution < -0.4 is 11.1 Å². The molecule has 1 atom stereocenters. The lowest BCUT2D eigenvalue weighted by molar-refractivity contribution is -0.139. The van der Waals surface area contributed by atoms with E-state index in [4.69, 9.17) is 10.5 Å². The Kier molecular flexibility index (Phi) is 3.93. The number of esters is 1. The smallest absolute Gasteiger partial charge is 0.338 e.